The average molecular weight is 565 g/mol. The van der Waals surface area contributed by atoms with E-state index in [4.69, 9.17) is 4.74 Å². The first-order chi connectivity index (χ1) is 20.1. The molecule has 6 rings (SSSR count). The molecule has 0 atom stereocenters. The van der Waals surface area contributed by atoms with Crippen LogP contribution in [0.5, 0.6) is 6.01 Å². The second kappa shape index (κ2) is 12.0. The number of fused-ring (bicyclic) bond motifs is 1. The Bertz CT molecular complexity index is 1570. The van der Waals surface area contributed by atoms with Gasteiger partial charge in [-0.2, -0.15) is 0 Å². The average Bonchev–Trinajstić information content (AvgIpc) is 3.38. The fourth-order valence-electron chi connectivity index (χ4n) is 6.38. The van der Waals surface area contributed by atoms with Crippen LogP contribution < -0.4 is 10.1 Å². The van der Waals surface area contributed by atoms with Gasteiger partial charge in [0.1, 0.15) is 0 Å². The zero-order chi connectivity index (χ0) is 28.2. The summed E-state index contributed by atoms with van der Waals surface area (Å²) in [5, 5.41) is 13.1. The van der Waals surface area contributed by atoms with Crippen LogP contribution in [0.25, 0.3) is 5.70 Å². The van der Waals surface area contributed by atoms with E-state index in [1.807, 2.05) is 60.9 Å². The SMILES string of the molecule is CCOc1nnc(SCc2ccccc2)n1C1=C(C(=O)Nc2cccc(C)c2)C2(CCCCC2)Cc2ccccc21. The van der Waals surface area contributed by atoms with E-state index in [0.29, 0.717) is 12.6 Å². The number of anilines is 1. The first kappa shape index (κ1) is 27.3. The van der Waals surface area contributed by atoms with Gasteiger partial charge in [-0.1, -0.05) is 103 Å². The number of nitrogens with one attached hydrogen (secondary N) is 1. The highest BCUT2D eigenvalue weighted by molar-refractivity contribution is 7.98. The highest BCUT2D eigenvalue weighted by Crippen LogP contribution is 2.53. The maximum atomic E-state index is 14.6. The van der Waals surface area contributed by atoms with Crippen LogP contribution in [-0.4, -0.2) is 27.3 Å². The Kier molecular flexibility index (Phi) is 7.97. The number of ether oxygens (including phenoxy) is 1. The minimum Gasteiger partial charge on any atom is -0.464 e. The van der Waals surface area contributed by atoms with Crippen LogP contribution in [0.1, 0.15) is 61.3 Å². The van der Waals surface area contributed by atoms with Gasteiger partial charge in [0.25, 0.3) is 5.91 Å². The Morgan fingerprint density at radius 1 is 0.976 bits per heavy atom. The van der Waals surface area contributed by atoms with Gasteiger partial charge in [-0.3, -0.25) is 4.79 Å². The number of hydrogen-bond donors (Lipinski definition) is 1. The van der Waals surface area contributed by atoms with Gasteiger partial charge < -0.3 is 10.1 Å². The molecular formula is C34H36N4O2S. The minimum absolute atomic E-state index is 0.0582. The molecule has 0 bridgehead atoms. The summed E-state index contributed by atoms with van der Waals surface area (Å²) >= 11 is 1.61. The number of carbonyl (C=O) groups excluding carboxylic acids is 1. The highest BCUT2D eigenvalue weighted by Gasteiger charge is 2.46. The van der Waals surface area contributed by atoms with Crippen LogP contribution in [0.15, 0.2) is 89.6 Å². The molecule has 1 N–H and O–H groups in total. The second-order valence-corrected chi connectivity index (χ2v) is 12.0. The van der Waals surface area contributed by atoms with Crippen molar-refractivity contribution in [1.29, 1.82) is 0 Å². The van der Waals surface area contributed by atoms with Crippen molar-refractivity contribution >= 4 is 29.1 Å². The molecule has 0 saturated heterocycles. The molecule has 1 aromatic heterocycles. The van der Waals surface area contributed by atoms with Crippen molar-refractivity contribution in [3.8, 4) is 6.01 Å². The lowest BCUT2D eigenvalue weighted by Gasteiger charge is -2.44. The Morgan fingerprint density at radius 3 is 2.54 bits per heavy atom. The zero-order valence-electron chi connectivity index (χ0n) is 23.7. The summed E-state index contributed by atoms with van der Waals surface area (Å²) in [5.74, 6) is 0.674. The van der Waals surface area contributed by atoms with Crippen LogP contribution in [0.2, 0.25) is 0 Å². The van der Waals surface area contributed by atoms with Crippen molar-refractivity contribution in [2.45, 2.75) is 63.3 Å². The molecule has 1 amide bonds. The maximum absolute atomic E-state index is 14.6. The molecule has 2 aliphatic rings. The van der Waals surface area contributed by atoms with Crippen LogP contribution >= 0.6 is 11.8 Å². The van der Waals surface area contributed by atoms with E-state index in [2.05, 4.69) is 51.9 Å². The predicted molar refractivity (Wildman–Crippen MR) is 165 cm³/mol. The first-order valence-corrected chi connectivity index (χ1v) is 15.5. The van der Waals surface area contributed by atoms with E-state index in [9.17, 15) is 4.79 Å². The van der Waals surface area contributed by atoms with E-state index >= 15 is 0 Å². The molecule has 0 aliphatic heterocycles. The van der Waals surface area contributed by atoms with Gasteiger partial charge in [0, 0.05) is 28.0 Å². The maximum Gasteiger partial charge on any atom is 0.322 e. The Balaban J connectivity index is 1.56. The standard InChI is InChI=1S/C34H36N4O2S/c1-3-40-32-36-37-33(41-23-25-14-6-4-7-15-25)38(32)30-28-18-9-8-16-26(28)22-34(19-10-5-11-20-34)29(30)31(39)35-27-17-12-13-24(2)21-27/h4,6-9,12-18,21H,3,5,10-11,19-20,22-23H2,1-2H3,(H,35,39). The molecule has 1 spiro atoms. The van der Waals surface area contributed by atoms with Crippen LogP contribution in [-0.2, 0) is 17.0 Å². The van der Waals surface area contributed by atoms with Crippen molar-refractivity contribution in [3.63, 3.8) is 0 Å². The van der Waals surface area contributed by atoms with Gasteiger partial charge in [0.05, 0.1) is 12.3 Å². The lowest BCUT2D eigenvalue weighted by atomic mass is 9.61. The zero-order valence-corrected chi connectivity index (χ0v) is 24.5. The van der Waals surface area contributed by atoms with Crippen molar-refractivity contribution < 1.29 is 9.53 Å². The predicted octanol–water partition coefficient (Wildman–Crippen LogP) is 7.68. The molecule has 41 heavy (non-hydrogen) atoms. The summed E-state index contributed by atoms with van der Waals surface area (Å²) in [6.45, 7) is 4.45. The molecule has 210 valence electrons. The highest BCUT2D eigenvalue weighted by atomic mass is 32.2. The second-order valence-electron chi connectivity index (χ2n) is 11.0. The van der Waals surface area contributed by atoms with E-state index in [1.165, 1.54) is 17.5 Å². The minimum atomic E-state index is -0.273. The monoisotopic (exact) mass is 564 g/mol. The number of carbonyl (C=O) groups is 1. The number of benzene rings is 3. The quantitative estimate of drug-likeness (QED) is 0.222. The number of aryl methyl sites for hydroxylation is 1. The van der Waals surface area contributed by atoms with Gasteiger partial charge >= 0.3 is 6.01 Å². The summed E-state index contributed by atoms with van der Waals surface area (Å²) in [7, 11) is 0. The summed E-state index contributed by atoms with van der Waals surface area (Å²) < 4.78 is 8.10. The molecule has 2 aliphatic carbocycles. The van der Waals surface area contributed by atoms with Gasteiger partial charge in [0.15, 0.2) is 5.16 Å². The van der Waals surface area contributed by atoms with E-state index in [0.717, 1.165) is 71.1 Å². The molecule has 1 heterocycles. The Labute approximate surface area is 246 Å². The van der Waals surface area contributed by atoms with Crippen molar-refractivity contribution in [3.05, 3.63) is 107 Å². The van der Waals surface area contributed by atoms with Gasteiger partial charge in [0.2, 0.25) is 0 Å². The summed E-state index contributed by atoms with van der Waals surface area (Å²) in [6, 6.07) is 27.3. The van der Waals surface area contributed by atoms with Crippen molar-refractivity contribution in [2.24, 2.45) is 5.41 Å². The van der Waals surface area contributed by atoms with Crippen molar-refractivity contribution in [1.82, 2.24) is 14.8 Å². The molecule has 0 unspecified atom stereocenters. The van der Waals surface area contributed by atoms with Crippen LogP contribution in [0, 0.1) is 12.3 Å². The molecule has 3 aromatic carbocycles. The topological polar surface area (TPSA) is 69.0 Å². The third-order valence-electron chi connectivity index (χ3n) is 8.19. The van der Waals surface area contributed by atoms with Gasteiger partial charge in [-0.25, -0.2) is 4.57 Å². The smallest absolute Gasteiger partial charge is 0.322 e. The van der Waals surface area contributed by atoms with Crippen molar-refractivity contribution in [2.75, 3.05) is 11.9 Å². The first-order valence-electron chi connectivity index (χ1n) is 14.5. The van der Waals surface area contributed by atoms with E-state index in [1.54, 1.807) is 11.8 Å². The van der Waals surface area contributed by atoms with Gasteiger partial charge in [-0.15, -0.1) is 5.10 Å². The number of amides is 1. The number of aromatic nitrogens is 3. The third-order valence-corrected chi connectivity index (χ3v) is 9.19. The van der Waals surface area contributed by atoms with Gasteiger partial charge in [-0.05, 0) is 61.9 Å². The Morgan fingerprint density at radius 2 is 1.76 bits per heavy atom. The number of thioether (sulfide) groups is 1. The number of hydrogen-bond acceptors (Lipinski definition) is 5. The lowest BCUT2D eigenvalue weighted by molar-refractivity contribution is -0.114. The summed E-state index contributed by atoms with van der Waals surface area (Å²) in [4.78, 5) is 14.6. The van der Waals surface area contributed by atoms with Crippen LogP contribution in [0.4, 0.5) is 5.69 Å². The number of nitrogens with zero attached hydrogens (tertiary/aromatic N) is 3. The Hall–Kier alpha value is -3.84. The normalized spacial score (nSPS) is 16.0. The molecule has 1 saturated carbocycles. The third kappa shape index (κ3) is 5.55. The van der Waals surface area contributed by atoms with E-state index < -0.39 is 0 Å². The molecule has 0 radical (unpaired) electrons. The fourth-order valence-corrected chi connectivity index (χ4v) is 7.27. The van der Waals surface area contributed by atoms with E-state index in [-0.39, 0.29) is 11.3 Å². The summed E-state index contributed by atoms with van der Waals surface area (Å²) in [6.07, 6.45) is 6.20. The molecule has 6 nitrogen and oxygen atoms in total. The largest absolute Gasteiger partial charge is 0.464 e. The number of rotatable bonds is 8. The molecular weight excluding hydrogens is 528 g/mol. The molecule has 7 heteroatoms. The molecule has 4 aromatic rings. The lowest BCUT2D eigenvalue weighted by Crippen LogP contribution is -2.39. The molecule has 1 fully saturated rings. The van der Waals surface area contributed by atoms with Crippen LogP contribution in [0.3, 0.4) is 0 Å². The summed E-state index contributed by atoms with van der Waals surface area (Å²) in [5.41, 5.74) is 6.80. The fraction of sp³-hybridized carbons (Fsp3) is 0.324.